The molecule has 2 rings (SSSR count). The van der Waals surface area contributed by atoms with Gasteiger partial charge in [-0.1, -0.05) is 59.2 Å². The normalized spacial score (nSPS) is 13.0. The zero-order valence-corrected chi connectivity index (χ0v) is 13.4. The van der Waals surface area contributed by atoms with Crippen LogP contribution in [0.25, 0.3) is 10.9 Å². The molecule has 0 unspecified atom stereocenters. The molecule has 0 saturated carbocycles. The molecule has 2 heteroatoms. The molecule has 0 atom stereocenters. The molecule has 0 bridgehead atoms. The van der Waals surface area contributed by atoms with E-state index in [9.17, 15) is 0 Å². The van der Waals surface area contributed by atoms with Gasteiger partial charge >= 0.3 is 0 Å². The van der Waals surface area contributed by atoms with E-state index < -0.39 is 0 Å². The van der Waals surface area contributed by atoms with Crippen molar-refractivity contribution >= 4 is 22.5 Å². The molecule has 0 aliphatic carbocycles. The molecule has 0 spiro atoms. The van der Waals surface area contributed by atoms with Gasteiger partial charge in [-0.25, -0.2) is 0 Å². The van der Waals surface area contributed by atoms with E-state index in [1.54, 1.807) is 0 Å². The second-order valence-corrected chi connectivity index (χ2v) is 7.63. The number of nitrogens with zero attached hydrogens (tertiary/aromatic N) is 1. The van der Waals surface area contributed by atoms with Gasteiger partial charge in [0.15, 0.2) is 0 Å². The van der Waals surface area contributed by atoms with Crippen LogP contribution in [0.5, 0.6) is 0 Å². The van der Waals surface area contributed by atoms with Gasteiger partial charge in [0.05, 0.1) is 10.5 Å². The summed E-state index contributed by atoms with van der Waals surface area (Å²) in [6.45, 7) is 13.1. The van der Waals surface area contributed by atoms with Crippen LogP contribution in [0.1, 0.15) is 52.8 Å². The summed E-state index contributed by atoms with van der Waals surface area (Å²) in [6, 6.07) is 8.39. The Hall–Kier alpha value is -1.08. The largest absolute Gasteiger partial charge is 0.252 e. The summed E-state index contributed by atoms with van der Waals surface area (Å²) in [4.78, 5) is 4.75. The van der Waals surface area contributed by atoms with E-state index in [0.29, 0.717) is 0 Å². The average molecular weight is 276 g/mol. The van der Waals surface area contributed by atoms with Gasteiger partial charge in [-0.3, -0.25) is 4.98 Å². The summed E-state index contributed by atoms with van der Waals surface area (Å²) in [5.41, 5.74) is 3.44. The van der Waals surface area contributed by atoms with Crippen molar-refractivity contribution in [3.63, 3.8) is 0 Å². The van der Waals surface area contributed by atoms with Gasteiger partial charge in [0.1, 0.15) is 0 Å². The van der Waals surface area contributed by atoms with Gasteiger partial charge in [-0.05, 0) is 29.2 Å². The Labute approximate surface area is 121 Å². The lowest BCUT2D eigenvalue weighted by atomic mass is 9.86. The van der Waals surface area contributed by atoms with Crippen LogP contribution in [0.3, 0.4) is 0 Å². The summed E-state index contributed by atoms with van der Waals surface area (Å²) < 4.78 is 0. The van der Waals surface area contributed by atoms with E-state index in [4.69, 9.17) is 16.6 Å². The Morgan fingerprint density at radius 2 is 1.53 bits per heavy atom. The first-order chi connectivity index (χ1) is 8.59. The maximum atomic E-state index is 6.45. The fourth-order valence-electron chi connectivity index (χ4n) is 2.04. The molecule has 0 saturated heterocycles. The molecule has 0 amide bonds. The van der Waals surface area contributed by atoms with Gasteiger partial charge in [0.25, 0.3) is 0 Å². The summed E-state index contributed by atoms with van der Waals surface area (Å²) in [6.07, 6.45) is 0. The van der Waals surface area contributed by atoms with Crippen LogP contribution in [-0.2, 0) is 10.8 Å². The average Bonchev–Trinajstić information content (AvgIpc) is 2.26. The van der Waals surface area contributed by atoms with Crippen LogP contribution in [0, 0.1) is 0 Å². The van der Waals surface area contributed by atoms with E-state index in [-0.39, 0.29) is 10.8 Å². The first-order valence-electron chi connectivity index (χ1n) is 6.70. The second kappa shape index (κ2) is 4.49. The molecule has 1 nitrogen and oxygen atoms in total. The number of hydrogen-bond donors (Lipinski definition) is 0. The van der Waals surface area contributed by atoms with Crippen LogP contribution in [0.15, 0.2) is 24.3 Å². The van der Waals surface area contributed by atoms with Crippen molar-refractivity contribution in [1.82, 2.24) is 4.98 Å². The highest BCUT2D eigenvalue weighted by Gasteiger charge is 2.19. The van der Waals surface area contributed by atoms with Crippen molar-refractivity contribution in [3.8, 4) is 0 Å². The third kappa shape index (κ3) is 2.92. The molecule has 0 radical (unpaired) electrons. The molecule has 0 aliphatic rings. The molecule has 1 aromatic carbocycles. The third-order valence-corrected chi connectivity index (χ3v) is 3.71. The van der Waals surface area contributed by atoms with Crippen molar-refractivity contribution in [3.05, 3.63) is 40.5 Å². The van der Waals surface area contributed by atoms with Gasteiger partial charge in [0.2, 0.25) is 0 Å². The van der Waals surface area contributed by atoms with Crippen molar-refractivity contribution in [1.29, 1.82) is 0 Å². The predicted molar refractivity (Wildman–Crippen MR) is 84.2 cm³/mol. The maximum absolute atomic E-state index is 6.45. The molecule has 0 fully saturated rings. The zero-order chi connectivity index (χ0) is 14.4. The van der Waals surface area contributed by atoms with Gasteiger partial charge in [-0.2, -0.15) is 0 Å². The minimum absolute atomic E-state index is 0.0144. The van der Waals surface area contributed by atoms with Crippen LogP contribution in [0.4, 0.5) is 0 Å². The maximum Gasteiger partial charge on any atom is 0.0720 e. The molecule has 1 aromatic heterocycles. The first-order valence-corrected chi connectivity index (χ1v) is 7.08. The predicted octanol–water partition coefficient (Wildman–Crippen LogP) is 5.48. The molecule has 2 aromatic rings. The fourth-order valence-corrected chi connectivity index (χ4v) is 2.29. The summed E-state index contributed by atoms with van der Waals surface area (Å²) in [7, 11) is 0. The second-order valence-electron chi connectivity index (χ2n) is 7.22. The molecule has 0 N–H and O–H groups in total. The van der Waals surface area contributed by atoms with Crippen LogP contribution in [-0.4, -0.2) is 4.98 Å². The Morgan fingerprint density at radius 3 is 2.05 bits per heavy atom. The number of rotatable bonds is 0. The quantitative estimate of drug-likeness (QED) is 0.620. The number of hydrogen-bond acceptors (Lipinski definition) is 1. The Bertz CT molecular complexity index is 615. The van der Waals surface area contributed by atoms with E-state index in [0.717, 1.165) is 21.6 Å². The summed E-state index contributed by atoms with van der Waals surface area (Å²) in [5, 5.41) is 1.84. The number of halogens is 1. The number of fused-ring (bicyclic) bond motifs is 1. The van der Waals surface area contributed by atoms with Crippen LogP contribution in [0.2, 0.25) is 5.02 Å². The summed E-state index contributed by atoms with van der Waals surface area (Å²) >= 11 is 6.45. The molecule has 19 heavy (non-hydrogen) atoms. The van der Waals surface area contributed by atoms with Crippen LogP contribution < -0.4 is 0 Å². The SMILES string of the molecule is CC(C)(C)c1ccc2nc(C(C)(C)C)cc(Cl)c2c1. The minimum atomic E-state index is 0.0144. The molecule has 1 heterocycles. The molecular formula is C17H22ClN. The number of benzene rings is 1. The lowest BCUT2D eigenvalue weighted by Crippen LogP contribution is -2.14. The van der Waals surface area contributed by atoms with Crippen molar-refractivity contribution < 1.29 is 0 Å². The Morgan fingerprint density at radius 1 is 0.895 bits per heavy atom. The lowest BCUT2D eigenvalue weighted by Gasteiger charge is -2.21. The highest BCUT2D eigenvalue weighted by atomic mass is 35.5. The fraction of sp³-hybridized carbons (Fsp3) is 0.471. The highest BCUT2D eigenvalue weighted by Crippen LogP contribution is 2.32. The van der Waals surface area contributed by atoms with E-state index in [1.807, 2.05) is 6.07 Å². The van der Waals surface area contributed by atoms with Crippen LogP contribution >= 0.6 is 11.6 Å². The molecular weight excluding hydrogens is 254 g/mol. The lowest BCUT2D eigenvalue weighted by molar-refractivity contribution is 0.571. The van der Waals surface area contributed by atoms with Gasteiger partial charge in [0, 0.05) is 16.5 Å². The highest BCUT2D eigenvalue weighted by molar-refractivity contribution is 6.35. The van der Waals surface area contributed by atoms with Gasteiger partial charge in [-0.15, -0.1) is 0 Å². The Kier molecular flexibility index (Phi) is 3.38. The van der Waals surface area contributed by atoms with Gasteiger partial charge < -0.3 is 0 Å². The van der Waals surface area contributed by atoms with E-state index in [2.05, 4.69) is 59.7 Å². The minimum Gasteiger partial charge on any atom is -0.252 e. The number of aromatic nitrogens is 1. The third-order valence-electron chi connectivity index (χ3n) is 3.39. The Balaban J connectivity index is 2.67. The zero-order valence-electron chi connectivity index (χ0n) is 12.6. The number of pyridine rings is 1. The smallest absolute Gasteiger partial charge is 0.0720 e. The summed E-state index contributed by atoms with van der Waals surface area (Å²) in [5.74, 6) is 0. The van der Waals surface area contributed by atoms with Crippen molar-refractivity contribution in [2.24, 2.45) is 0 Å². The monoisotopic (exact) mass is 275 g/mol. The topological polar surface area (TPSA) is 12.9 Å². The first kappa shape index (κ1) is 14.3. The molecule has 102 valence electrons. The standard InChI is InChI=1S/C17H22ClN/c1-16(2,3)11-7-8-14-12(9-11)13(18)10-15(19-14)17(4,5)6/h7-10H,1-6H3. The molecule has 0 aliphatic heterocycles. The van der Waals surface area contributed by atoms with E-state index in [1.165, 1.54) is 5.56 Å². The van der Waals surface area contributed by atoms with Crippen molar-refractivity contribution in [2.75, 3.05) is 0 Å². The van der Waals surface area contributed by atoms with Crippen molar-refractivity contribution in [2.45, 2.75) is 52.4 Å². The van der Waals surface area contributed by atoms with E-state index >= 15 is 0 Å².